The summed E-state index contributed by atoms with van der Waals surface area (Å²) in [7, 11) is 0. The first kappa shape index (κ1) is 29.6. The van der Waals surface area contributed by atoms with Crippen LogP contribution in [0.15, 0.2) is 0 Å². The Morgan fingerprint density at radius 2 is 1.38 bits per heavy atom. The van der Waals surface area contributed by atoms with Crippen molar-refractivity contribution in [2.75, 3.05) is 18.6 Å². The molecule has 184 valence electrons. The van der Waals surface area contributed by atoms with E-state index in [1.165, 1.54) is 11.8 Å². The second kappa shape index (κ2) is 15.4. The Labute approximate surface area is 191 Å². The van der Waals surface area contributed by atoms with Crippen LogP contribution in [0.5, 0.6) is 0 Å². The molecule has 13 heteroatoms. The van der Waals surface area contributed by atoms with Crippen LogP contribution in [0.3, 0.4) is 0 Å². The van der Waals surface area contributed by atoms with Crippen LogP contribution in [0.1, 0.15) is 39.5 Å². The Hall–Kier alpha value is -2.38. The molecule has 32 heavy (non-hydrogen) atoms. The van der Waals surface area contributed by atoms with E-state index in [1.807, 2.05) is 13.8 Å². The lowest BCUT2D eigenvalue weighted by molar-refractivity contribution is -0.143. The van der Waals surface area contributed by atoms with Gasteiger partial charge in [0.05, 0.1) is 12.6 Å². The number of carbonyl (C=O) groups is 5. The van der Waals surface area contributed by atoms with Crippen molar-refractivity contribution in [1.82, 2.24) is 16.0 Å². The third-order valence-electron chi connectivity index (χ3n) is 4.38. The van der Waals surface area contributed by atoms with Gasteiger partial charge in [-0.05, 0) is 37.2 Å². The van der Waals surface area contributed by atoms with Crippen LogP contribution in [0.4, 0.5) is 0 Å². The highest BCUT2D eigenvalue weighted by molar-refractivity contribution is 7.98. The molecule has 0 aromatic carbocycles. The van der Waals surface area contributed by atoms with Gasteiger partial charge in [-0.1, -0.05) is 13.8 Å². The average Bonchev–Trinajstić information content (AvgIpc) is 2.70. The molecule has 0 aromatic rings. The number of nitrogens with two attached hydrogens (primary N) is 1. The fourth-order valence-electron chi connectivity index (χ4n) is 2.66. The van der Waals surface area contributed by atoms with Crippen molar-refractivity contribution in [2.45, 2.75) is 63.7 Å². The summed E-state index contributed by atoms with van der Waals surface area (Å²) in [5.74, 6) is -4.30. The number of hydrogen-bond donors (Lipinski definition) is 7. The first-order valence-electron chi connectivity index (χ1n) is 10.1. The summed E-state index contributed by atoms with van der Waals surface area (Å²) in [6.45, 7) is 2.90. The number of hydrogen-bond acceptors (Lipinski definition) is 8. The lowest BCUT2D eigenvalue weighted by atomic mass is 10.0. The van der Waals surface area contributed by atoms with Gasteiger partial charge < -0.3 is 37.0 Å². The van der Waals surface area contributed by atoms with E-state index in [-0.39, 0.29) is 18.8 Å². The second-order valence-corrected chi connectivity index (χ2v) is 8.64. The van der Waals surface area contributed by atoms with Crippen LogP contribution in [-0.2, 0) is 24.0 Å². The molecule has 4 unspecified atom stereocenters. The fourth-order valence-corrected chi connectivity index (χ4v) is 3.14. The van der Waals surface area contributed by atoms with E-state index >= 15 is 0 Å². The molecular formula is C19H34N4O8S. The topological polar surface area (TPSA) is 208 Å². The number of rotatable bonds is 16. The molecule has 0 spiro atoms. The smallest absolute Gasteiger partial charge is 0.328 e. The molecule has 0 saturated heterocycles. The molecule has 8 N–H and O–H groups in total. The predicted molar refractivity (Wildman–Crippen MR) is 118 cm³/mol. The van der Waals surface area contributed by atoms with E-state index in [4.69, 9.17) is 21.1 Å². The molecule has 0 bridgehead atoms. The molecule has 12 nitrogen and oxygen atoms in total. The zero-order valence-electron chi connectivity index (χ0n) is 18.5. The standard InChI is InChI=1S/C19H34N4O8S/c1-10(2)8-11(20)16(27)21-12(4-5-15(25)26)17(28)22-13(6-7-32-3)18(29)23-14(9-24)19(30)31/h10-14,24H,4-9,20H2,1-3H3,(H,21,27)(H,22,28)(H,23,29)(H,25,26)(H,30,31). The number of amides is 3. The van der Waals surface area contributed by atoms with Crippen LogP contribution in [0.2, 0.25) is 0 Å². The quantitative estimate of drug-likeness (QED) is 0.137. The lowest BCUT2D eigenvalue weighted by Crippen LogP contribution is -2.57. The molecular weight excluding hydrogens is 444 g/mol. The summed E-state index contributed by atoms with van der Waals surface area (Å²) in [4.78, 5) is 59.7. The summed E-state index contributed by atoms with van der Waals surface area (Å²) in [5.41, 5.74) is 5.83. The van der Waals surface area contributed by atoms with Crippen LogP contribution < -0.4 is 21.7 Å². The molecule has 0 aliphatic rings. The van der Waals surface area contributed by atoms with Crippen molar-refractivity contribution in [2.24, 2.45) is 11.7 Å². The first-order chi connectivity index (χ1) is 14.9. The van der Waals surface area contributed by atoms with Crippen molar-refractivity contribution in [1.29, 1.82) is 0 Å². The number of thioether (sulfide) groups is 1. The molecule has 0 heterocycles. The van der Waals surface area contributed by atoms with Crippen LogP contribution in [0.25, 0.3) is 0 Å². The molecule has 3 amide bonds. The highest BCUT2D eigenvalue weighted by atomic mass is 32.2. The molecule has 0 rings (SSSR count). The van der Waals surface area contributed by atoms with Crippen LogP contribution in [0, 0.1) is 5.92 Å². The maximum atomic E-state index is 12.8. The monoisotopic (exact) mass is 478 g/mol. The van der Waals surface area contributed by atoms with Gasteiger partial charge >= 0.3 is 11.9 Å². The number of aliphatic carboxylic acids is 2. The maximum Gasteiger partial charge on any atom is 0.328 e. The van der Waals surface area contributed by atoms with Gasteiger partial charge in [-0.3, -0.25) is 19.2 Å². The number of carboxylic acids is 2. The Morgan fingerprint density at radius 3 is 1.81 bits per heavy atom. The normalized spacial score (nSPS) is 14.7. The highest BCUT2D eigenvalue weighted by Crippen LogP contribution is 2.07. The molecule has 0 aliphatic heterocycles. The van der Waals surface area contributed by atoms with Gasteiger partial charge in [0.1, 0.15) is 18.1 Å². The van der Waals surface area contributed by atoms with E-state index in [0.29, 0.717) is 12.2 Å². The van der Waals surface area contributed by atoms with Gasteiger partial charge in [0, 0.05) is 6.42 Å². The zero-order valence-corrected chi connectivity index (χ0v) is 19.3. The van der Waals surface area contributed by atoms with Gasteiger partial charge in [0.25, 0.3) is 0 Å². The number of carboxylic acid groups (broad SMARTS) is 2. The van der Waals surface area contributed by atoms with E-state index in [2.05, 4.69) is 16.0 Å². The largest absolute Gasteiger partial charge is 0.481 e. The number of aliphatic hydroxyl groups excluding tert-OH is 1. The summed E-state index contributed by atoms with van der Waals surface area (Å²) in [5, 5.41) is 34.1. The Balaban J connectivity index is 5.42. The Bertz CT molecular complexity index is 661. The molecule has 0 radical (unpaired) electrons. The number of nitrogens with one attached hydrogen (secondary N) is 3. The molecule has 4 atom stereocenters. The van der Waals surface area contributed by atoms with Crippen molar-refractivity contribution >= 4 is 41.4 Å². The Kier molecular flexibility index (Phi) is 14.3. The number of carbonyl (C=O) groups excluding carboxylic acids is 3. The zero-order chi connectivity index (χ0) is 24.8. The summed E-state index contributed by atoms with van der Waals surface area (Å²) in [6, 6.07) is -4.86. The van der Waals surface area contributed by atoms with E-state index < -0.39 is 66.9 Å². The first-order valence-corrected chi connectivity index (χ1v) is 11.5. The minimum atomic E-state index is -1.55. The summed E-state index contributed by atoms with van der Waals surface area (Å²) < 4.78 is 0. The van der Waals surface area contributed by atoms with Gasteiger partial charge in [-0.25, -0.2) is 4.79 Å². The van der Waals surface area contributed by atoms with E-state index in [1.54, 1.807) is 6.26 Å². The summed E-state index contributed by atoms with van der Waals surface area (Å²) in [6.07, 6.45) is 1.63. The Morgan fingerprint density at radius 1 is 0.875 bits per heavy atom. The molecule has 0 aromatic heterocycles. The highest BCUT2D eigenvalue weighted by Gasteiger charge is 2.30. The van der Waals surface area contributed by atoms with Crippen molar-refractivity contribution in [3.63, 3.8) is 0 Å². The van der Waals surface area contributed by atoms with Gasteiger partial charge in [-0.15, -0.1) is 0 Å². The average molecular weight is 479 g/mol. The number of aliphatic hydroxyl groups is 1. The maximum absolute atomic E-state index is 12.8. The predicted octanol–water partition coefficient (Wildman–Crippen LogP) is -1.49. The third kappa shape index (κ3) is 11.9. The van der Waals surface area contributed by atoms with Crippen molar-refractivity contribution in [3.8, 4) is 0 Å². The molecule has 0 aliphatic carbocycles. The summed E-state index contributed by atoms with van der Waals surface area (Å²) >= 11 is 1.39. The van der Waals surface area contributed by atoms with Crippen LogP contribution >= 0.6 is 11.8 Å². The van der Waals surface area contributed by atoms with Gasteiger partial charge in [0.2, 0.25) is 17.7 Å². The minimum absolute atomic E-state index is 0.121. The molecule has 0 saturated carbocycles. The van der Waals surface area contributed by atoms with Gasteiger partial charge in [-0.2, -0.15) is 11.8 Å². The minimum Gasteiger partial charge on any atom is -0.481 e. The lowest BCUT2D eigenvalue weighted by Gasteiger charge is -2.25. The van der Waals surface area contributed by atoms with Crippen molar-refractivity contribution < 1.29 is 39.3 Å². The second-order valence-electron chi connectivity index (χ2n) is 7.65. The SMILES string of the molecule is CSCCC(NC(=O)C(CCC(=O)O)NC(=O)C(N)CC(C)C)C(=O)NC(CO)C(=O)O. The molecule has 0 fully saturated rings. The van der Waals surface area contributed by atoms with Crippen LogP contribution in [-0.4, -0.2) is 87.8 Å². The van der Waals surface area contributed by atoms with Gasteiger partial charge in [0.15, 0.2) is 0 Å². The fraction of sp³-hybridized carbons (Fsp3) is 0.737. The van der Waals surface area contributed by atoms with E-state index in [0.717, 1.165) is 0 Å². The van der Waals surface area contributed by atoms with Crippen molar-refractivity contribution in [3.05, 3.63) is 0 Å². The third-order valence-corrected chi connectivity index (χ3v) is 5.03. The van der Waals surface area contributed by atoms with E-state index in [9.17, 15) is 24.0 Å².